The molecule has 0 aliphatic carbocycles. The third-order valence-electron chi connectivity index (χ3n) is 3.63. The van der Waals surface area contributed by atoms with Gasteiger partial charge in [0.25, 0.3) is 0 Å². The molecule has 0 bridgehead atoms. The van der Waals surface area contributed by atoms with Crippen LogP contribution in [-0.2, 0) is 4.74 Å². The van der Waals surface area contributed by atoms with Crippen molar-refractivity contribution in [2.45, 2.75) is 25.4 Å². The molecule has 2 rings (SSSR count). The molecule has 1 aliphatic heterocycles. The van der Waals surface area contributed by atoms with Crippen molar-refractivity contribution in [1.82, 2.24) is 4.98 Å². The molecule has 1 fully saturated rings. The van der Waals surface area contributed by atoms with Gasteiger partial charge in [0.05, 0.1) is 5.60 Å². The number of aromatic nitrogens is 1. The van der Waals surface area contributed by atoms with E-state index in [2.05, 4.69) is 22.0 Å². The van der Waals surface area contributed by atoms with E-state index in [9.17, 15) is 0 Å². The number of rotatable bonds is 3. The van der Waals surface area contributed by atoms with Crippen LogP contribution in [-0.4, -0.2) is 41.8 Å². The fraction of sp³-hybridized carbons (Fsp3) is 0.538. The van der Waals surface area contributed by atoms with Crippen LogP contribution in [0.15, 0.2) is 23.5 Å². The average Bonchev–Trinajstić information content (AvgIpc) is 2.46. The highest BCUT2D eigenvalue weighted by atomic mass is 16.5. The zero-order valence-electron chi connectivity index (χ0n) is 11.3. The number of oxime groups is 1. The van der Waals surface area contributed by atoms with E-state index in [1.807, 2.05) is 6.07 Å². The maximum atomic E-state index is 8.61. The Bertz CT molecular complexity index is 460. The zero-order chi connectivity index (χ0) is 13.9. The third kappa shape index (κ3) is 2.96. The van der Waals surface area contributed by atoms with Crippen molar-refractivity contribution < 1.29 is 9.94 Å². The minimum absolute atomic E-state index is 0.0689. The minimum Gasteiger partial charge on any atom is -0.409 e. The highest BCUT2D eigenvalue weighted by Crippen LogP contribution is 2.26. The maximum absolute atomic E-state index is 8.61. The zero-order valence-corrected chi connectivity index (χ0v) is 11.3. The Morgan fingerprint density at radius 1 is 1.58 bits per heavy atom. The number of ether oxygens (including phenoxy) is 1. The van der Waals surface area contributed by atoms with E-state index in [1.165, 1.54) is 0 Å². The summed E-state index contributed by atoms with van der Waals surface area (Å²) in [5.74, 6) is 0.955. The van der Waals surface area contributed by atoms with Crippen molar-refractivity contribution in [3.8, 4) is 0 Å². The standard InChI is InChI=1S/C13H20N4O2/c1-13(19-2)6-3-7-17(9-13)11-5-4-10(8-15-11)12(14)16-18/h4-5,8,18H,3,6-7,9H2,1-2H3,(H2,14,16). The Morgan fingerprint density at radius 3 is 2.95 bits per heavy atom. The first-order valence-electron chi connectivity index (χ1n) is 6.32. The largest absolute Gasteiger partial charge is 0.409 e. The van der Waals surface area contributed by atoms with Gasteiger partial charge >= 0.3 is 0 Å². The lowest BCUT2D eigenvalue weighted by molar-refractivity contribution is -0.00481. The Labute approximate surface area is 112 Å². The number of hydrogen-bond acceptors (Lipinski definition) is 5. The summed E-state index contributed by atoms with van der Waals surface area (Å²) in [6.45, 7) is 3.90. The lowest BCUT2D eigenvalue weighted by atomic mass is 9.95. The molecule has 0 amide bonds. The van der Waals surface area contributed by atoms with Crippen LogP contribution in [0.5, 0.6) is 0 Å². The van der Waals surface area contributed by atoms with Crippen molar-refractivity contribution in [1.29, 1.82) is 0 Å². The number of nitrogens with zero attached hydrogens (tertiary/aromatic N) is 3. The Balaban J connectivity index is 2.14. The molecular weight excluding hydrogens is 244 g/mol. The van der Waals surface area contributed by atoms with E-state index < -0.39 is 0 Å². The van der Waals surface area contributed by atoms with Gasteiger partial charge in [0.1, 0.15) is 5.82 Å². The van der Waals surface area contributed by atoms with Gasteiger partial charge in [-0.15, -0.1) is 0 Å². The molecule has 1 atom stereocenters. The fourth-order valence-electron chi connectivity index (χ4n) is 2.35. The lowest BCUT2D eigenvalue weighted by Gasteiger charge is -2.40. The number of amidine groups is 1. The number of piperidine rings is 1. The van der Waals surface area contributed by atoms with Crippen molar-refractivity contribution in [3.05, 3.63) is 23.9 Å². The van der Waals surface area contributed by atoms with Gasteiger partial charge in [-0.25, -0.2) is 4.98 Å². The number of hydrogen-bond donors (Lipinski definition) is 2. The highest BCUT2D eigenvalue weighted by molar-refractivity contribution is 5.96. The molecule has 1 aromatic heterocycles. The van der Waals surface area contributed by atoms with Crippen LogP contribution in [0.25, 0.3) is 0 Å². The van der Waals surface area contributed by atoms with Gasteiger partial charge in [0.2, 0.25) is 0 Å². The average molecular weight is 264 g/mol. The number of pyridine rings is 1. The summed E-state index contributed by atoms with van der Waals surface area (Å²) in [6, 6.07) is 3.69. The highest BCUT2D eigenvalue weighted by Gasteiger charge is 2.31. The van der Waals surface area contributed by atoms with Crippen LogP contribution < -0.4 is 10.6 Å². The summed E-state index contributed by atoms with van der Waals surface area (Å²) in [5, 5.41) is 11.6. The molecule has 104 valence electrons. The van der Waals surface area contributed by atoms with Crippen LogP contribution in [0.1, 0.15) is 25.3 Å². The summed E-state index contributed by atoms with van der Waals surface area (Å²) >= 11 is 0. The van der Waals surface area contributed by atoms with Gasteiger partial charge < -0.3 is 20.6 Å². The topological polar surface area (TPSA) is 84.0 Å². The van der Waals surface area contributed by atoms with E-state index in [0.717, 1.165) is 31.7 Å². The van der Waals surface area contributed by atoms with Crippen LogP contribution in [0.4, 0.5) is 5.82 Å². The Kier molecular flexibility index (Phi) is 3.90. The molecule has 1 unspecified atom stereocenters. The van der Waals surface area contributed by atoms with Crippen LogP contribution >= 0.6 is 0 Å². The van der Waals surface area contributed by atoms with E-state index >= 15 is 0 Å². The summed E-state index contributed by atoms with van der Waals surface area (Å²) in [6.07, 6.45) is 3.75. The molecule has 6 nitrogen and oxygen atoms in total. The van der Waals surface area contributed by atoms with E-state index in [0.29, 0.717) is 5.56 Å². The monoisotopic (exact) mass is 264 g/mol. The van der Waals surface area contributed by atoms with Gasteiger partial charge in [-0.05, 0) is 31.9 Å². The molecule has 1 aromatic rings. The Morgan fingerprint density at radius 2 is 2.37 bits per heavy atom. The molecule has 19 heavy (non-hydrogen) atoms. The fourth-order valence-corrected chi connectivity index (χ4v) is 2.35. The summed E-state index contributed by atoms with van der Waals surface area (Å²) in [4.78, 5) is 6.57. The second-order valence-corrected chi connectivity index (χ2v) is 5.07. The first-order chi connectivity index (χ1) is 9.08. The maximum Gasteiger partial charge on any atom is 0.171 e. The summed E-state index contributed by atoms with van der Waals surface area (Å²) < 4.78 is 5.57. The smallest absolute Gasteiger partial charge is 0.171 e. The first kappa shape index (κ1) is 13.6. The van der Waals surface area contributed by atoms with Gasteiger partial charge in [0.15, 0.2) is 5.84 Å². The second-order valence-electron chi connectivity index (χ2n) is 5.07. The predicted molar refractivity (Wildman–Crippen MR) is 73.6 cm³/mol. The number of anilines is 1. The number of nitrogens with two attached hydrogens (primary N) is 1. The lowest BCUT2D eigenvalue weighted by Crippen LogP contribution is -2.47. The predicted octanol–water partition coefficient (Wildman–Crippen LogP) is 1.18. The first-order valence-corrected chi connectivity index (χ1v) is 6.32. The normalized spacial score (nSPS) is 24.5. The minimum atomic E-state index is -0.121. The van der Waals surface area contributed by atoms with E-state index in [4.69, 9.17) is 15.7 Å². The molecule has 0 radical (unpaired) electrons. The quantitative estimate of drug-likeness (QED) is 0.371. The van der Waals surface area contributed by atoms with Gasteiger partial charge in [-0.1, -0.05) is 5.16 Å². The summed E-state index contributed by atoms with van der Waals surface area (Å²) in [7, 11) is 1.75. The molecule has 0 spiro atoms. The van der Waals surface area contributed by atoms with Crippen LogP contribution in [0.3, 0.4) is 0 Å². The molecule has 3 N–H and O–H groups in total. The van der Waals surface area contributed by atoms with Crippen molar-refractivity contribution in [2.24, 2.45) is 10.9 Å². The van der Waals surface area contributed by atoms with Crippen molar-refractivity contribution >= 4 is 11.7 Å². The number of methoxy groups -OCH3 is 1. The van der Waals surface area contributed by atoms with Gasteiger partial charge in [-0.2, -0.15) is 0 Å². The van der Waals surface area contributed by atoms with Gasteiger partial charge in [0, 0.05) is 32.0 Å². The molecule has 0 saturated carbocycles. The molecule has 6 heteroatoms. The van der Waals surface area contributed by atoms with Crippen LogP contribution in [0.2, 0.25) is 0 Å². The molecule has 1 aliphatic rings. The molecule has 2 heterocycles. The summed E-state index contributed by atoms with van der Waals surface area (Å²) in [5.41, 5.74) is 6.00. The second kappa shape index (κ2) is 5.44. The van der Waals surface area contributed by atoms with Crippen LogP contribution in [0, 0.1) is 0 Å². The molecular formula is C13H20N4O2. The van der Waals surface area contributed by atoms with Crippen molar-refractivity contribution in [3.63, 3.8) is 0 Å². The van der Waals surface area contributed by atoms with E-state index in [1.54, 1.807) is 19.4 Å². The molecule has 1 saturated heterocycles. The van der Waals surface area contributed by atoms with Gasteiger partial charge in [-0.3, -0.25) is 0 Å². The van der Waals surface area contributed by atoms with Crippen molar-refractivity contribution in [2.75, 3.05) is 25.1 Å². The SMILES string of the molecule is COC1(C)CCCN(c2ccc(/C(N)=N/O)cn2)C1. The molecule has 0 aromatic carbocycles. The van der Waals surface area contributed by atoms with E-state index in [-0.39, 0.29) is 11.4 Å². The Hall–Kier alpha value is -1.82. The third-order valence-corrected chi connectivity index (χ3v) is 3.63.